The summed E-state index contributed by atoms with van der Waals surface area (Å²) in [4.78, 5) is 0. The Bertz CT molecular complexity index is 43.3. The highest BCUT2D eigenvalue weighted by Gasteiger charge is 2.00. The Morgan fingerprint density at radius 3 is 1.86 bits per heavy atom. The fourth-order valence-corrected chi connectivity index (χ4v) is 0.215. The van der Waals surface area contributed by atoms with Crippen molar-refractivity contribution in [3.63, 3.8) is 0 Å². The van der Waals surface area contributed by atoms with E-state index in [2.05, 4.69) is 0 Å². The highest BCUT2D eigenvalue weighted by molar-refractivity contribution is 6.13. The molecule has 0 rings (SSSR count). The van der Waals surface area contributed by atoms with E-state index in [0.29, 0.717) is 12.2 Å². The largest absolute Gasteiger partial charge is 0.0866 e. The molecule has 0 aliphatic rings. The normalized spacial score (nSPS) is 18.6. The number of hydrogen-bond donors (Lipinski definition) is 0. The van der Waals surface area contributed by atoms with E-state index in [4.69, 9.17) is 15.7 Å². The molecule has 0 amide bonds. The summed E-state index contributed by atoms with van der Waals surface area (Å²) in [5, 5.41) is 0. The minimum Gasteiger partial charge on any atom is -0.0866 e. The van der Waals surface area contributed by atoms with Gasteiger partial charge in [-0.25, -0.2) is 0 Å². The van der Waals surface area contributed by atoms with E-state index in [9.17, 15) is 0 Å². The molecular weight excluding hydrogens is 81.7 g/mol. The van der Waals surface area contributed by atoms with Crippen LogP contribution in [0.15, 0.2) is 0 Å². The first kappa shape index (κ1) is 7.13. The van der Waals surface area contributed by atoms with Crippen molar-refractivity contribution in [2.45, 2.75) is 26.0 Å². The molecule has 2 atom stereocenters. The van der Waals surface area contributed by atoms with Gasteiger partial charge in [0.2, 0.25) is 0 Å². The first-order valence-corrected chi connectivity index (χ1v) is 2.64. The SMILES string of the molecule is [B]CC(C)C([B])C. The van der Waals surface area contributed by atoms with Crippen LogP contribution in [-0.4, -0.2) is 15.7 Å². The summed E-state index contributed by atoms with van der Waals surface area (Å²) in [5.74, 6) is 0.699. The van der Waals surface area contributed by atoms with Crippen molar-refractivity contribution < 1.29 is 0 Å². The van der Waals surface area contributed by atoms with Gasteiger partial charge in [0.15, 0.2) is 0 Å². The maximum atomic E-state index is 5.47. The quantitative estimate of drug-likeness (QED) is 0.448. The van der Waals surface area contributed by atoms with Gasteiger partial charge in [0.05, 0.1) is 15.7 Å². The Morgan fingerprint density at radius 1 is 1.43 bits per heavy atom. The smallest absolute Gasteiger partial charge is 0.0699 e. The van der Waals surface area contributed by atoms with Crippen LogP contribution in [0.25, 0.3) is 0 Å². The maximum absolute atomic E-state index is 5.47. The molecule has 0 saturated carbocycles. The van der Waals surface area contributed by atoms with Crippen molar-refractivity contribution in [3.8, 4) is 0 Å². The van der Waals surface area contributed by atoms with E-state index in [1.54, 1.807) is 0 Å². The van der Waals surface area contributed by atoms with Crippen LogP contribution in [0.5, 0.6) is 0 Å². The second-order valence-electron chi connectivity index (χ2n) is 2.07. The summed E-state index contributed by atoms with van der Waals surface area (Å²) in [6, 6.07) is 0. The molecule has 7 heavy (non-hydrogen) atoms. The molecule has 0 spiro atoms. The predicted molar refractivity (Wildman–Crippen MR) is 34.9 cm³/mol. The Labute approximate surface area is 48.5 Å². The molecular formula is C5H10B2. The van der Waals surface area contributed by atoms with Gasteiger partial charge in [-0.1, -0.05) is 31.9 Å². The van der Waals surface area contributed by atoms with E-state index < -0.39 is 0 Å². The Balaban J connectivity index is 3.14. The van der Waals surface area contributed by atoms with Gasteiger partial charge in [-0.2, -0.15) is 0 Å². The predicted octanol–water partition coefficient (Wildman–Crippen LogP) is 1.19. The molecule has 0 saturated heterocycles. The minimum atomic E-state index is 0.241. The molecule has 0 aliphatic heterocycles. The zero-order chi connectivity index (χ0) is 5.86. The Kier molecular flexibility index (Phi) is 3.23. The summed E-state index contributed by atoms with van der Waals surface area (Å²) >= 11 is 0. The second-order valence-corrected chi connectivity index (χ2v) is 2.07. The monoisotopic (exact) mass is 92.1 g/mol. The van der Waals surface area contributed by atoms with Crippen LogP contribution in [0.4, 0.5) is 0 Å². The highest BCUT2D eigenvalue weighted by Crippen LogP contribution is 2.14. The third kappa shape index (κ3) is 2.78. The Hall–Kier alpha value is 0.130. The maximum Gasteiger partial charge on any atom is 0.0699 e. The lowest BCUT2D eigenvalue weighted by atomic mass is 9.73. The van der Waals surface area contributed by atoms with E-state index in [1.165, 1.54) is 0 Å². The summed E-state index contributed by atoms with van der Waals surface area (Å²) < 4.78 is 0. The third-order valence-electron chi connectivity index (χ3n) is 1.27. The summed E-state index contributed by atoms with van der Waals surface area (Å²) in [7, 11) is 10.8. The highest BCUT2D eigenvalue weighted by atomic mass is 14.0. The molecule has 0 aromatic carbocycles. The third-order valence-corrected chi connectivity index (χ3v) is 1.27. The number of hydrogen-bond acceptors (Lipinski definition) is 0. The molecule has 4 radical (unpaired) electrons. The van der Waals surface area contributed by atoms with E-state index in [-0.39, 0.29) is 5.82 Å². The summed E-state index contributed by atoms with van der Waals surface area (Å²) in [6.45, 7) is 4.02. The molecule has 36 valence electrons. The second kappa shape index (κ2) is 3.17. The average molecular weight is 91.8 g/mol. The van der Waals surface area contributed by atoms with Crippen LogP contribution < -0.4 is 0 Å². The van der Waals surface area contributed by atoms with Crippen LogP contribution >= 0.6 is 0 Å². The summed E-state index contributed by atoms with van der Waals surface area (Å²) in [6.07, 6.45) is 0.692. The first-order chi connectivity index (χ1) is 3.18. The lowest BCUT2D eigenvalue weighted by Gasteiger charge is -2.11. The van der Waals surface area contributed by atoms with Crippen LogP contribution in [0.2, 0.25) is 12.1 Å². The van der Waals surface area contributed by atoms with Crippen molar-refractivity contribution in [2.24, 2.45) is 5.92 Å². The molecule has 0 nitrogen and oxygen atoms in total. The first-order valence-electron chi connectivity index (χ1n) is 2.64. The van der Waals surface area contributed by atoms with Crippen LogP contribution in [0.1, 0.15) is 13.8 Å². The molecule has 0 N–H and O–H groups in total. The van der Waals surface area contributed by atoms with Gasteiger partial charge < -0.3 is 0 Å². The van der Waals surface area contributed by atoms with E-state index in [0.717, 1.165) is 0 Å². The fourth-order valence-electron chi connectivity index (χ4n) is 0.215. The molecule has 2 unspecified atom stereocenters. The van der Waals surface area contributed by atoms with Crippen molar-refractivity contribution in [3.05, 3.63) is 0 Å². The van der Waals surface area contributed by atoms with Gasteiger partial charge >= 0.3 is 0 Å². The summed E-state index contributed by atoms with van der Waals surface area (Å²) in [5.41, 5.74) is 0. The molecule has 2 heteroatoms. The molecule has 0 fully saturated rings. The fraction of sp³-hybridized carbons (Fsp3) is 1.00. The van der Waals surface area contributed by atoms with Crippen molar-refractivity contribution in [1.82, 2.24) is 0 Å². The lowest BCUT2D eigenvalue weighted by Crippen LogP contribution is -1.99. The molecule has 0 aromatic rings. The van der Waals surface area contributed by atoms with Crippen molar-refractivity contribution in [1.29, 1.82) is 0 Å². The van der Waals surface area contributed by atoms with E-state index >= 15 is 0 Å². The number of rotatable bonds is 2. The molecule has 0 aromatic heterocycles. The average Bonchev–Trinajstić information content (AvgIpc) is 1.65. The topological polar surface area (TPSA) is 0 Å². The van der Waals surface area contributed by atoms with Gasteiger partial charge in [0.25, 0.3) is 0 Å². The van der Waals surface area contributed by atoms with E-state index in [1.807, 2.05) is 13.8 Å². The van der Waals surface area contributed by atoms with Gasteiger partial charge in [0, 0.05) is 0 Å². The van der Waals surface area contributed by atoms with Crippen LogP contribution in [-0.2, 0) is 0 Å². The molecule has 0 aliphatic carbocycles. The molecule has 0 bridgehead atoms. The van der Waals surface area contributed by atoms with Gasteiger partial charge in [0.1, 0.15) is 0 Å². The standard InChI is InChI=1S/C5H10B2/c1-4(3-6)5(2)7/h4-5H,3H2,1-2H3. The van der Waals surface area contributed by atoms with Gasteiger partial charge in [-0.05, 0) is 0 Å². The van der Waals surface area contributed by atoms with Gasteiger partial charge in [-0.3, -0.25) is 0 Å². The zero-order valence-corrected chi connectivity index (χ0v) is 5.02. The minimum absolute atomic E-state index is 0.241. The van der Waals surface area contributed by atoms with Crippen molar-refractivity contribution in [2.75, 3.05) is 0 Å². The van der Waals surface area contributed by atoms with Crippen molar-refractivity contribution >= 4 is 15.7 Å². The molecule has 0 heterocycles. The zero-order valence-electron chi connectivity index (χ0n) is 5.02. The van der Waals surface area contributed by atoms with Crippen LogP contribution in [0, 0.1) is 5.92 Å². The van der Waals surface area contributed by atoms with Crippen LogP contribution in [0.3, 0.4) is 0 Å². The van der Waals surface area contributed by atoms with Gasteiger partial charge in [-0.15, -0.1) is 0 Å². The Morgan fingerprint density at radius 2 is 1.86 bits per heavy atom. The lowest BCUT2D eigenvalue weighted by molar-refractivity contribution is 0.624.